The van der Waals surface area contributed by atoms with Crippen molar-refractivity contribution in [1.82, 2.24) is 9.97 Å². The van der Waals surface area contributed by atoms with Crippen LogP contribution in [0.5, 0.6) is 5.75 Å². The Bertz CT molecular complexity index is 1080. The van der Waals surface area contributed by atoms with Crippen LogP contribution < -0.4 is 15.4 Å². The van der Waals surface area contributed by atoms with Gasteiger partial charge >= 0.3 is 0 Å². The van der Waals surface area contributed by atoms with Crippen LogP contribution in [0.2, 0.25) is 0 Å². The van der Waals surface area contributed by atoms with E-state index in [1.165, 1.54) is 5.56 Å². The largest absolute Gasteiger partial charge is 0.497 e. The van der Waals surface area contributed by atoms with Crippen molar-refractivity contribution in [2.24, 2.45) is 0 Å². The molecule has 3 aromatic carbocycles. The van der Waals surface area contributed by atoms with E-state index in [2.05, 4.69) is 34.7 Å². The number of hydrogen-bond acceptors (Lipinski definition) is 5. The van der Waals surface area contributed by atoms with Crippen LogP contribution in [-0.2, 0) is 6.42 Å². The first-order valence-electron chi connectivity index (χ1n) is 9.29. The number of para-hydroxylation sites is 1. The number of rotatable bonds is 6. The number of anilines is 4. The minimum atomic E-state index is 0.555. The van der Waals surface area contributed by atoms with Gasteiger partial charge in [0.05, 0.1) is 12.6 Å². The molecular weight excluding hydrogens is 348 g/mol. The second-order valence-corrected chi connectivity index (χ2v) is 6.44. The van der Waals surface area contributed by atoms with Gasteiger partial charge in [-0.1, -0.05) is 31.2 Å². The van der Waals surface area contributed by atoms with E-state index >= 15 is 0 Å². The fourth-order valence-electron chi connectivity index (χ4n) is 2.99. The summed E-state index contributed by atoms with van der Waals surface area (Å²) in [6.07, 6.45) is 1.02. The molecule has 0 unspecified atom stereocenters. The van der Waals surface area contributed by atoms with E-state index in [0.29, 0.717) is 5.95 Å². The van der Waals surface area contributed by atoms with E-state index in [1.54, 1.807) is 7.11 Å². The molecule has 5 nitrogen and oxygen atoms in total. The monoisotopic (exact) mass is 370 g/mol. The van der Waals surface area contributed by atoms with E-state index in [1.807, 2.05) is 60.7 Å². The molecule has 0 amide bonds. The molecule has 0 aliphatic heterocycles. The van der Waals surface area contributed by atoms with Gasteiger partial charge in [-0.2, -0.15) is 4.98 Å². The molecule has 0 aliphatic rings. The van der Waals surface area contributed by atoms with Gasteiger partial charge in [-0.15, -0.1) is 0 Å². The van der Waals surface area contributed by atoms with E-state index in [0.717, 1.165) is 40.3 Å². The van der Waals surface area contributed by atoms with Crippen LogP contribution in [0.1, 0.15) is 12.5 Å². The standard InChI is InChI=1S/C23H22N4O/c1-3-16-8-10-18(11-9-16)25-23-26-21-7-5-4-6-20(21)22(27-23)24-17-12-14-19(28-2)15-13-17/h4-15H,3H2,1-2H3,(H2,24,25,26,27). The summed E-state index contributed by atoms with van der Waals surface area (Å²) in [5, 5.41) is 7.67. The maximum Gasteiger partial charge on any atom is 0.229 e. The molecule has 0 saturated heterocycles. The molecule has 2 N–H and O–H groups in total. The minimum absolute atomic E-state index is 0.555. The summed E-state index contributed by atoms with van der Waals surface area (Å²) in [5.41, 5.74) is 4.07. The van der Waals surface area contributed by atoms with Crippen LogP contribution in [0.4, 0.5) is 23.1 Å². The third-order valence-electron chi connectivity index (χ3n) is 4.57. The lowest BCUT2D eigenvalue weighted by Crippen LogP contribution is -2.02. The lowest BCUT2D eigenvalue weighted by atomic mass is 10.1. The van der Waals surface area contributed by atoms with Gasteiger partial charge in [0, 0.05) is 16.8 Å². The molecule has 0 saturated carbocycles. The second kappa shape index (κ2) is 7.96. The van der Waals surface area contributed by atoms with E-state index in [9.17, 15) is 0 Å². The molecular formula is C23H22N4O. The molecule has 0 fully saturated rings. The second-order valence-electron chi connectivity index (χ2n) is 6.44. The Balaban J connectivity index is 1.67. The Kier molecular flexibility index (Phi) is 5.06. The van der Waals surface area contributed by atoms with E-state index < -0.39 is 0 Å². The number of fused-ring (bicyclic) bond motifs is 1. The summed E-state index contributed by atoms with van der Waals surface area (Å²) in [4.78, 5) is 9.37. The first-order valence-corrected chi connectivity index (χ1v) is 9.29. The average Bonchev–Trinajstić information content (AvgIpc) is 2.75. The van der Waals surface area contributed by atoms with Crippen molar-refractivity contribution in [3.8, 4) is 5.75 Å². The molecule has 5 heteroatoms. The summed E-state index contributed by atoms with van der Waals surface area (Å²) in [6, 6.07) is 24.1. The molecule has 1 heterocycles. The summed E-state index contributed by atoms with van der Waals surface area (Å²) < 4.78 is 5.23. The minimum Gasteiger partial charge on any atom is -0.497 e. The Morgan fingerprint density at radius 2 is 1.46 bits per heavy atom. The predicted molar refractivity (Wildman–Crippen MR) is 115 cm³/mol. The van der Waals surface area contributed by atoms with E-state index in [-0.39, 0.29) is 0 Å². The van der Waals surface area contributed by atoms with Crippen molar-refractivity contribution in [2.45, 2.75) is 13.3 Å². The lowest BCUT2D eigenvalue weighted by molar-refractivity contribution is 0.415. The zero-order chi connectivity index (χ0) is 19.3. The number of aromatic nitrogens is 2. The van der Waals surface area contributed by atoms with Crippen molar-refractivity contribution in [2.75, 3.05) is 17.7 Å². The first kappa shape index (κ1) is 17.8. The number of methoxy groups -OCH3 is 1. The number of ether oxygens (including phenoxy) is 1. The van der Waals surface area contributed by atoms with Gasteiger partial charge in [-0.05, 0) is 60.5 Å². The van der Waals surface area contributed by atoms with Gasteiger partial charge in [0.1, 0.15) is 11.6 Å². The highest BCUT2D eigenvalue weighted by atomic mass is 16.5. The van der Waals surface area contributed by atoms with Crippen molar-refractivity contribution < 1.29 is 4.74 Å². The van der Waals surface area contributed by atoms with Crippen molar-refractivity contribution in [1.29, 1.82) is 0 Å². The maximum absolute atomic E-state index is 5.23. The SMILES string of the molecule is CCc1ccc(Nc2nc(Nc3ccc(OC)cc3)c3ccccc3n2)cc1. The molecule has 0 aliphatic carbocycles. The number of nitrogens with zero attached hydrogens (tertiary/aromatic N) is 2. The molecule has 0 bridgehead atoms. The molecule has 4 rings (SSSR count). The van der Waals surface area contributed by atoms with Crippen molar-refractivity contribution in [3.63, 3.8) is 0 Å². The maximum atomic E-state index is 5.23. The van der Waals surface area contributed by atoms with Gasteiger partial charge in [0.2, 0.25) is 5.95 Å². The molecule has 1 aromatic heterocycles. The van der Waals surface area contributed by atoms with Crippen LogP contribution >= 0.6 is 0 Å². The quantitative estimate of drug-likeness (QED) is 0.457. The fourth-order valence-corrected chi connectivity index (χ4v) is 2.99. The molecule has 0 radical (unpaired) electrons. The Labute approximate surface area is 164 Å². The predicted octanol–water partition coefficient (Wildman–Crippen LogP) is 5.69. The summed E-state index contributed by atoms with van der Waals surface area (Å²) in [6.45, 7) is 2.14. The van der Waals surface area contributed by atoms with Crippen molar-refractivity contribution in [3.05, 3.63) is 78.4 Å². The molecule has 0 spiro atoms. The smallest absolute Gasteiger partial charge is 0.229 e. The van der Waals surface area contributed by atoms with Gasteiger partial charge in [-0.25, -0.2) is 4.98 Å². The average molecular weight is 370 g/mol. The Hall–Kier alpha value is -3.60. The fraction of sp³-hybridized carbons (Fsp3) is 0.130. The van der Waals surface area contributed by atoms with Gasteiger partial charge < -0.3 is 15.4 Å². The Morgan fingerprint density at radius 1 is 0.786 bits per heavy atom. The number of benzene rings is 3. The highest BCUT2D eigenvalue weighted by Crippen LogP contribution is 2.27. The number of nitrogens with one attached hydrogen (secondary N) is 2. The first-order chi connectivity index (χ1) is 13.7. The topological polar surface area (TPSA) is 59.1 Å². The Morgan fingerprint density at radius 3 is 2.18 bits per heavy atom. The van der Waals surface area contributed by atoms with Crippen LogP contribution in [0, 0.1) is 0 Å². The zero-order valence-corrected chi connectivity index (χ0v) is 15.9. The third-order valence-corrected chi connectivity index (χ3v) is 4.57. The van der Waals surface area contributed by atoms with Gasteiger partial charge in [0.15, 0.2) is 0 Å². The zero-order valence-electron chi connectivity index (χ0n) is 15.9. The van der Waals surface area contributed by atoms with Crippen LogP contribution in [0.15, 0.2) is 72.8 Å². The highest BCUT2D eigenvalue weighted by Gasteiger charge is 2.08. The summed E-state index contributed by atoms with van der Waals surface area (Å²) in [5.74, 6) is 2.12. The normalized spacial score (nSPS) is 10.6. The molecule has 140 valence electrons. The molecule has 4 aromatic rings. The summed E-state index contributed by atoms with van der Waals surface area (Å²) in [7, 11) is 1.66. The third kappa shape index (κ3) is 3.88. The van der Waals surface area contributed by atoms with Gasteiger partial charge in [0.25, 0.3) is 0 Å². The van der Waals surface area contributed by atoms with Crippen LogP contribution in [0.3, 0.4) is 0 Å². The summed E-state index contributed by atoms with van der Waals surface area (Å²) >= 11 is 0. The molecule has 0 atom stereocenters. The van der Waals surface area contributed by atoms with Gasteiger partial charge in [-0.3, -0.25) is 0 Å². The lowest BCUT2D eigenvalue weighted by Gasteiger charge is -2.12. The number of aryl methyl sites for hydroxylation is 1. The van der Waals surface area contributed by atoms with Crippen molar-refractivity contribution >= 4 is 34.0 Å². The molecule has 28 heavy (non-hydrogen) atoms. The van der Waals surface area contributed by atoms with Crippen LogP contribution in [0.25, 0.3) is 10.9 Å². The van der Waals surface area contributed by atoms with Crippen LogP contribution in [-0.4, -0.2) is 17.1 Å². The van der Waals surface area contributed by atoms with E-state index in [4.69, 9.17) is 9.72 Å². The number of hydrogen-bond donors (Lipinski definition) is 2. The highest BCUT2D eigenvalue weighted by molar-refractivity contribution is 5.92.